The molecule has 28 heavy (non-hydrogen) atoms. The number of fused-ring (bicyclic) bond motifs is 1. The summed E-state index contributed by atoms with van der Waals surface area (Å²) >= 11 is 0. The van der Waals surface area contributed by atoms with Crippen LogP contribution in [-0.2, 0) is 19.7 Å². The van der Waals surface area contributed by atoms with Crippen LogP contribution in [0.15, 0.2) is 54.7 Å². The number of pyridine rings is 1. The van der Waals surface area contributed by atoms with E-state index in [0.29, 0.717) is 32.1 Å². The molecule has 0 fully saturated rings. The molecule has 0 saturated heterocycles. The van der Waals surface area contributed by atoms with Crippen LogP contribution in [0.3, 0.4) is 0 Å². The first-order valence-corrected chi connectivity index (χ1v) is 9.33. The molecule has 1 amide bonds. The van der Waals surface area contributed by atoms with Crippen LogP contribution in [0.4, 0.5) is 4.39 Å². The Hall–Kier alpha value is -3.22. The summed E-state index contributed by atoms with van der Waals surface area (Å²) < 4.78 is 20.6. The highest BCUT2D eigenvalue weighted by atomic mass is 19.1. The van der Waals surface area contributed by atoms with E-state index in [1.54, 1.807) is 4.90 Å². The smallest absolute Gasteiger partial charge is 0.272 e. The zero-order chi connectivity index (χ0) is 19.9. The van der Waals surface area contributed by atoms with Crippen LogP contribution in [0.1, 0.15) is 35.6 Å². The third-order valence-corrected chi connectivity index (χ3v) is 4.24. The first kappa shape index (κ1) is 19.5. The number of aromatic nitrogens is 3. The van der Waals surface area contributed by atoms with E-state index < -0.39 is 5.82 Å². The fourth-order valence-corrected chi connectivity index (χ4v) is 2.88. The Labute approximate surface area is 163 Å². The van der Waals surface area contributed by atoms with E-state index in [-0.39, 0.29) is 11.6 Å². The molecule has 1 aliphatic rings. The van der Waals surface area contributed by atoms with Gasteiger partial charge in [-0.25, -0.2) is 9.37 Å². The number of carbonyl (C=O) groups excluding carboxylic acids is 1. The summed E-state index contributed by atoms with van der Waals surface area (Å²) in [6.07, 6.45) is 1.05. The molecule has 0 bridgehead atoms. The normalized spacial score (nSPS) is 12.6. The minimum atomic E-state index is -0.460. The van der Waals surface area contributed by atoms with Crippen LogP contribution < -0.4 is 4.74 Å². The zero-order valence-corrected chi connectivity index (χ0v) is 16.0. The maximum absolute atomic E-state index is 13.0. The van der Waals surface area contributed by atoms with E-state index in [0.717, 1.165) is 17.5 Å². The second-order valence-corrected chi connectivity index (χ2v) is 6.06. The Bertz CT molecular complexity index is 910. The molecule has 0 N–H and O–H groups in total. The maximum atomic E-state index is 13.0. The summed E-state index contributed by atoms with van der Waals surface area (Å²) in [6, 6.07) is 14.4. The number of nitrogens with zero attached hydrogens (tertiary/aromatic N) is 4. The van der Waals surface area contributed by atoms with Gasteiger partial charge in [0.05, 0.1) is 25.0 Å². The fourth-order valence-electron chi connectivity index (χ4n) is 2.88. The lowest BCUT2D eigenvalue weighted by Crippen LogP contribution is -2.38. The number of carbonyl (C=O) groups is 1. The molecule has 6 nitrogen and oxygen atoms in total. The van der Waals surface area contributed by atoms with Gasteiger partial charge >= 0.3 is 0 Å². The van der Waals surface area contributed by atoms with E-state index in [1.807, 2.05) is 54.9 Å². The summed E-state index contributed by atoms with van der Waals surface area (Å²) in [5, 5.41) is 4.44. The largest absolute Gasteiger partial charge is 0.472 e. The number of hydrogen-bond acceptors (Lipinski definition) is 4. The Morgan fingerprint density at radius 1 is 1.14 bits per heavy atom. The average molecular weight is 382 g/mol. The van der Waals surface area contributed by atoms with Crippen molar-refractivity contribution < 1.29 is 13.9 Å². The highest BCUT2D eigenvalue weighted by molar-refractivity contribution is 5.92. The molecule has 1 aliphatic heterocycles. The number of ether oxygens (including phenoxy) is 1. The summed E-state index contributed by atoms with van der Waals surface area (Å²) in [6.45, 7) is 5.96. The van der Waals surface area contributed by atoms with Crippen LogP contribution in [0.25, 0.3) is 0 Å². The third kappa shape index (κ3) is 4.54. The van der Waals surface area contributed by atoms with Gasteiger partial charge in [0.2, 0.25) is 5.88 Å². The Kier molecular flexibility index (Phi) is 6.37. The molecule has 146 valence electrons. The van der Waals surface area contributed by atoms with Crippen LogP contribution in [0, 0.1) is 5.82 Å². The molecule has 4 rings (SSSR count). The van der Waals surface area contributed by atoms with Crippen molar-refractivity contribution in [2.45, 2.75) is 33.5 Å². The molecular weight excluding hydrogens is 359 g/mol. The van der Waals surface area contributed by atoms with Crippen LogP contribution >= 0.6 is 0 Å². The fraction of sp³-hybridized carbons (Fsp3) is 0.286. The molecule has 1 aromatic carbocycles. The van der Waals surface area contributed by atoms with Crippen molar-refractivity contribution in [1.82, 2.24) is 19.7 Å². The van der Waals surface area contributed by atoms with Crippen LogP contribution in [-0.4, -0.2) is 32.1 Å². The monoisotopic (exact) mass is 382 g/mol. The van der Waals surface area contributed by atoms with Gasteiger partial charge in [0.1, 0.15) is 18.1 Å². The van der Waals surface area contributed by atoms with Crippen LogP contribution in [0.2, 0.25) is 0 Å². The third-order valence-electron chi connectivity index (χ3n) is 4.24. The summed E-state index contributed by atoms with van der Waals surface area (Å²) in [5.41, 5.74) is 2.20. The molecule has 0 unspecified atom stereocenters. The SMILES string of the molecule is CC.O=C(c1ccc(F)cn1)N1CCn2nc(OCc3ccccc3)cc2C1. The van der Waals surface area contributed by atoms with Gasteiger partial charge in [0.25, 0.3) is 5.91 Å². The molecular formula is C21H23FN4O2. The number of rotatable bonds is 4. The highest BCUT2D eigenvalue weighted by Gasteiger charge is 2.24. The average Bonchev–Trinajstić information content (AvgIpc) is 3.17. The molecule has 0 aliphatic carbocycles. The minimum absolute atomic E-state index is 0.218. The van der Waals surface area contributed by atoms with Crippen molar-refractivity contribution in [2.24, 2.45) is 0 Å². The van der Waals surface area contributed by atoms with Gasteiger partial charge < -0.3 is 9.64 Å². The first-order chi connectivity index (χ1) is 13.7. The second kappa shape index (κ2) is 9.12. The molecule has 7 heteroatoms. The highest BCUT2D eigenvalue weighted by Crippen LogP contribution is 2.20. The van der Waals surface area contributed by atoms with Crippen molar-refractivity contribution in [2.75, 3.05) is 6.54 Å². The van der Waals surface area contributed by atoms with Crippen molar-refractivity contribution in [3.8, 4) is 5.88 Å². The van der Waals surface area contributed by atoms with Crippen molar-refractivity contribution in [3.05, 3.63) is 77.5 Å². The van der Waals surface area contributed by atoms with E-state index in [1.165, 1.54) is 12.1 Å². The Morgan fingerprint density at radius 3 is 2.64 bits per heavy atom. The second-order valence-electron chi connectivity index (χ2n) is 6.06. The van der Waals surface area contributed by atoms with Gasteiger partial charge in [-0.2, -0.15) is 0 Å². The zero-order valence-electron chi connectivity index (χ0n) is 16.0. The van der Waals surface area contributed by atoms with Gasteiger partial charge in [0, 0.05) is 12.6 Å². The summed E-state index contributed by atoms with van der Waals surface area (Å²) in [4.78, 5) is 18.1. The van der Waals surface area contributed by atoms with Gasteiger partial charge in [0.15, 0.2) is 0 Å². The van der Waals surface area contributed by atoms with Crippen molar-refractivity contribution in [3.63, 3.8) is 0 Å². The molecule has 0 atom stereocenters. The standard InChI is InChI=1S/C19H17FN4O2.C2H6/c20-15-6-7-17(21-11-15)19(25)23-8-9-24-16(12-23)10-18(22-24)26-13-14-4-2-1-3-5-14;1-2/h1-7,10-11H,8-9,12-13H2;1-2H3. The Morgan fingerprint density at radius 2 is 1.93 bits per heavy atom. The molecule has 2 aromatic heterocycles. The molecule has 3 heterocycles. The molecule has 0 spiro atoms. The predicted molar refractivity (Wildman–Crippen MR) is 103 cm³/mol. The number of hydrogen-bond donors (Lipinski definition) is 0. The van der Waals surface area contributed by atoms with Crippen LogP contribution in [0.5, 0.6) is 5.88 Å². The summed E-state index contributed by atoms with van der Waals surface area (Å²) in [5.74, 6) is -0.138. The lowest BCUT2D eigenvalue weighted by molar-refractivity contribution is 0.0700. The van der Waals surface area contributed by atoms with Crippen molar-refractivity contribution in [1.29, 1.82) is 0 Å². The van der Waals surface area contributed by atoms with E-state index in [2.05, 4.69) is 10.1 Å². The minimum Gasteiger partial charge on any atom is -0.472 e. The van der Waals surface area contributed by atoms with E-state index in [9.17, 15) is 9.18 Å². The Balaban J connectivity index is 0.00000109. The number of benzene rings is 1. The number of amides is 1. The van der Waals surface area contributed by atoms with Crippen molar-refractivity contribution >= 4 is 5.91 Å². The first-order valence-electron chi connectivity index (χ1n) is 9.33. The quantitative estimate of drug-likeness (QED) is 0.691. The molecule has 0 radical (unpaired) electrons. The molecule has 0 saturated carbocycles. The van der Waals surface area contributed by atoms with Gasteiger partial charge in [-0.3, -0.25) is 9.48 Å². The van der Waals surface area contributed by atoms with Gasteiger partial charge in [-0.05, 0) is 17.7 Å². The van der Waals surface area contributed by atoms with Gasteiger partial charge in [-0.15, -0.1) is 5.10 Å². The maximum Gasteiger partial charge on any atom is 0.272 e. The van der Waals surface area contributed by atoms with Gasteiger partial charge in [-0.1, -0.05) is 44.2 Å². The lowest BCUT2D eigenvalue weighted by Gasteiger charge is -2.27. The summed E-state index contributed by atoms with van der Waals surface area (Å²) in [7, 11) is 0. The van der Waals surface area contributed by atoms with E-state index >= 15 is 0 Å². The number of halogens is 1. The lowest BCUT2D eigenvalue weighted by atomic mass is 10.2. The topological polar surface area (TPSA) is 60.2 Å². The molecule has 3 aromatic rings. The van der Waals surface area contributed by atoms with E-state index in [4.69, 9.17) is 4.74 Å². The predicted octanol–water partition coefficient (Wildman–Crippen LogP) is 3.68.